The summed E-state index contributed by atoms with van der Waals surface area (Å²) in [5.41, 5.74) is 9.63. The van der Waals surface area contributed by atoms with E-state index in [0.29, 0.717) is 6.61 Å². The van der Waals surface area contributed by atoms with Crippen molar-refractivity contribution >= 4 is 29.3 Å². The number of benzene rings is 4. The van der Waals surface area contributed by atoms with Crippen molar-refractivity contribution in [1.82, 2.24) is 9.55 Å². The summed E-state index contributed by atoms with van der Waals surface area (Å²) >= 11 is 6.52. The maximum atomic E-state index is 6.52. The van der Waals surface area contributed by atoms with Crippen molar-refractivity contribution in [2.75, 3.05) is 0 Å². The predicted octanol–water partition coefficient (Wildman–Crippen LogP) is 11.0. The number of hydrogen-bond acceptors (Lipinski definition) is 2. The summed E-state index contributed by atoms with van der Waals surface area (Å²) in [6.45, 7) is 15.5. The Labute approximate surface area is 255 Å². The molecule has 0 saturated heterocycles. The van der Waals surface area contributed by atoms with Crippen molar-refractivity contribution in [3.05, 3.63) is 137 Å². The lowest BCUT2D eigenvalue weighted by Crippen LogP contribution is -1.95. The maximum absolute atomic E-state index is 6.52. The number of hydrogen-bond donors (Lipinski definition) is 0. The number of rotatable bonds is 9. The molecule has 0 saturated carbocycles. The van der Waals surface area contributed by atoms with E-state index in [-0.39, 0.29) is 0 Å². The first-order valence-corrected chi connectivity index (χ1v) is 14.9. The van der Waals surface area contributed by atoms with Crippen LogP contribution in [0.1, 0.15) is 55.8 Å². The molecule has 42 heavy (non-hydrogen) atoms. The van der Waals surface area contributed by atoms with Gasteiger partial charge in [-0.05, 0) is 84.5 Å². The van der Waals surface area contributed by atoms with Crippen molar-refractivity contribution in [3.63, 3.8) is 0 Å². The normalized spacial score (nSPS) is 10.8. The van der Waals surface area contributed by atoms with Crippen molar-refractivity contribution in [3.8, 4) is 28.1 Å². The zero-order chi connectivity index (χ0) is 30.1. The topological polar surface area (TPSA) is 27.1 Å². The van der Waals surface area contributed by atoms with Crippen LogP contribution in [0.2, 0.25) is 5.02 Å². The Morgan fingerprint density at radius 3 is 2.31 bits per heavy atom. The van der Waals surface area contributed by atoms with Gasteiger partial charge in [-0.3, -0.25) is 0 Å². The minimum atomic E-state index is 0.516. The van der Waals surface area contributed by atoms with Gasteiger partial charge in [0.2, 0.25) is 0 Å². The first-order chi connectivity index (χ1) is 20.4. The summed E-state index contributed by atoms with van der Waals surface area (Å²) in [6, 6.07) is 31.1. The minimum Gasteiger partial charge on any atom is -0.489 e. The molecule has 0 amide bonds. The highest BCUT2D eigenvalue weighted by atomic mass is 35.5. The van der Waals surface area contributed by atoms with Gasteiger partial charge in [0, 0.05) is 18.3 Å². The number of aromatic nitrogens is 2. The molecule has 5 rings (SSSR count). The smallest absolute Gasteiger partial charge is 0.133 e. The van der Waals surface area contributed by atoms with Crippen molar-refractivity contribution in [2.24, 2.45) is 0 Å². The van der Waals surface area contributed by atoms with Gasteiger partial charge in [0.05, 0.1) is 10.7 Å². The lowest BCUT2D eigenvalue weighted by atomic mass is 10.0. The lowest BCUT2D eigenvalue weighted by Gasteiger charge is -2.10. The summed E-state index contributed by atoms with van der Waals surface area (Å²) in [5.74, 6) is 1.74. The van der Waals surface area contributed by atoms with Crippen LogP contribution in [0.3, 0.4) is 0 Å². The molecule has 0 spiro atoms. The van der Waals surface area contributed by atoms with E-state index in [2.05, 4.69) is 103 Å². The molecule has 0 aliphatic rings. The second-order valence-electron chi connectivity index (χ2n) is 10.0. The summed E-state index contributed by atoms with van der Waals surface area (Å²) < 4.78 is 8.25. The van der Waals surface area contributed by atoms with Gasteiger partial charge in [0.15, 0.2) is 0 Å². The Kier molecular flexibility index (Phi) is 10.6. The zero-order valence-electron chi connectivity index (χ0n) is 25.2. The number of aryl methyl sites for hydroxylation is 2. The third kappa shape index (κ3) is 7.69. The first-order valence-electron chi connectivity index (χ1n) is 14.5. The molecule has 214 valence electrons. The van der Waals surface area contributed by atoms with Crippen LogP contribution >= 0.6 is 11.6 Å². The maximum Gasteiger partial charge on any atom is 0.133 e. The molecule has 0 N–H and O–H groups in total. The summed E-state index contributed by atoms with van der Waals surface area (Å²) in [4.78, 5) is 4.88. The molecule has 1 aromatic heterocycles. The van der Waals surface area contributed by atoms with Gasteiger partial charge >= 0.3 is 0 Å². The molecule has 3 nitrogen and oxygen atoms in total. The van der Waals surface area contributed by atoms with Gasteiger partial charge in [0.25, 0.3) is 0 Å². The molecule has 0 unspecified atom stereocenters. The van der Waals surface area contributed by atoms with Crippen LogP contribution in [0.5, 0.6) is 5.75 Å². The van der Waals surface area contributed by atoms with E-state index in [9.17, 15) is 0 Å². The van der Waals surface area contributed by atoms with Gasteiger partial charge in [-0.25, -0.2) is 4.98 Å². The Balaban J connectivity index is 0.00000198. The molecule has 0 bridgehead atoms. The van der Waals surface area contributed by atoms with Gasteiger partial charge in [-0.15, -0.1) is 0 Å². The molecular formula is C38H39ClN2O. The van der Waals surface area contributed by atoms with Gasteiger partial charge in [-0.2, -0.15) is 0 Å². The number of nitrogens with zero attached hydrogens (tertiary/aromatic N) is 2. The molecule has 4 heteroatoms. The van der Waals surface area contributed by atoms with Crippen molar-refractivity contribution < 1.29 is 4.74 Å². The van der Waals surface area contributed by atoms with Crippen molar-refractivity contribution in [2.45, 2.75) is 47.8 Å². The summed E-state index contributed by atoms with van der Waals surface area (Å²) in [6.07, 6.45) is 6.23. The Bertz CT molecular complexity index is 1680. The van der Waals surface area contributed by atoms with E-state index in [1.54, 1.807) is 0 Å². The van der Waals surface area contributed by atoms with E-state index in [0.717, 1.165) is 73.4 Å². The van der Waals surface area contributed by atoms with Crippen LogP contribution < -0.4 is 4.74 Å². The molecular weight excluding hydrogens is 536 g/mol. The minimum absolute atomic E-state index is 0.516. The van der Waals surface area contributed by atoms with E-state index in [1.807, 2.05) is 52.0 Å². The van der Waals surface area contributed by atoms with Crippen LogP contribution in [0.15, 0.2) is 104 Å². The molecule has 0 radical (unpaired) electrons. The van der Waals surface area contributed by atoms with Crippen LogP contribution in [0, 0.1) is 6.92 Å². The van der Waals surface area contributed by atoms with Crippen LogP contribution in [0.4, 0.5) is 0 Å². The molecule has 1 heterocycles. The number of ether oxygens (including phenoxy) is 1. The van der Waals surface area contributed by atoms with Gasteiger partial charge < -0.3 is 9.30 Å². The average molecular weight is 575 g/mol. The number of halogens is 1. The Morgan fingerprint density at radius 1 is 0.905 bits per heavy atom. The van der Waals surface area contributed by atoms with Crippen LogP contribution in [0.25, 0.3) is 40.1 Å². The third-order valence-corrected chi connectivity index (χ3v) is 7.19. The predicted molar refractivity (Wildman–Crippen MR) is 181 cm³/mol. The van der Waals surface area contributed by atoms with E-state index in [4.69, 9.17) is 21.3 Å². The van der Waals surface area contributed by atoms with Gasteiger partial charge in [0.1, 0.15) is 18.2 Å². The number of imidazole rings is 1. The fourth-order valence-electron chi connectivity index (χ4n) is 4.58. The average Bonchev–Trinajstić information content (AvgIpc) is 3.43. The molecule has 0 aliphatic heterocycles. The number of allylic oxidation sites excluding steroid dienone is 1. The highest BCUT2D eigenvalue weighted by Gasteiger charge is 2.10. The van der Waals surface area contributed by atoms with E-state index >= 15 is 0 Å². The van der Waals surface area contributed by atoms with E-state index in [1.165, 1.54) is 0 Å². The highest BCUT2D eigenvalue weighted by Crippen LogP contribution is 2.29. The van der Waals surface area contributed by atoms with Crippen LogP contribution in [-0.2, 0) is 13.2 Å². The van der Waals surface area contributed by atoms with Crippen molar-refractivity contribution in [1.29, 1.82) is 0 Å². The fourth-order valence-corrected chi connectivity index (χ4v) is 4.92. The molecule has 5 aromatic rings. The third-order valence-electron chi connectivity index (χ3n) is 6.88. The quantitative estimate of drug-likeness (QED) is 0.175. The first kappa shape index (κ1) is 30.6. The van der Waals surface area contributed by atoms with Gasteiger partial charge in [-0.1, -0.05) is 110 Å². The summed E-state index contributed by atoms with van der Waals surface area (Å²) in [7, 11) is 0. The molecule has 0 fully saturated rings. The zero-order valence-corrected chi connectivity index (χ0v) is 26.0. The second-order valence-corrected chi connectivity index (χ2v) is 10.4. The molecule has 0 atom stereocenters. The SMILES string of the molecule is C=C(C)c1ccc(COc2cccc(-c3cccc(/C=C/c4nc(-c5ccc(C)cc5Cl)cn4CC)c3)c2)cc1.CC. The standard InChI is InChI=1S/C36H33ClN2O.C2H6/c1-5-39-23-35(33-18-12-26(4)20-34(33)37)38-36(39)19-15-27-8-6-9-30(21-27)31-10-7-11-32(22-31)40-24-28-13-16-29(17-14-28)25(2)3;1-2/h6-23H,2,5,24H2,1,3-4H3;1-2H3/b19-15+;. The Hall–Kier alpha value is -4.34. The Morgan fingerprint density at radius 2 is 1.62 bits per heavy atom. The largest absolute Gasteiger partial charge is 0.489 e. The molecule has 0 aliphatic carbocycles. The molecule has 4 aromatic carbocycles. The monoisotopic (exact) mass is 574 g/mol. The highest BCUT2D eigenvalue weighted by molar-refractivity contribution is 6.33. The van der Waals surface area contributed by atoms with E-state index < -0.39 is 0 Å². The fraction of sp³-hybridized carbons (Fsp3) is 0.184. The lowest BCUT2D eigenvalue weighted by molar-refractivity contribution is 0.306. The summed E-state index contributed by atoms with van der Waals surface area (Å²) in [5, 5.41) is 0.718. The van der Waals surface area contributed by atoms with Crippen LogP contribution in [-0.4, -0.2) is 9.55 Å². The second kappa shape index (κ2) is 14.5.